The summed E-state index contributed by atoms with van der Waals surface area (Å²) in [5.41, 5.74) is 3.48. The molecule has 1 heterocycles. The summed E-state index contributed by atoms with van der Waals surface area (Å²) in [6, 6.07) is 5.82. The average molecular weight is 205 g/mol. The molecule has 3 nitrogen and oxygen atoms in total. The Kier molecular flexibility index (Phi) is 2.39. The van der Waals surface area contributed by atoms with Crippen molar-refractivity contribution < 1.29 is 9.90 Å². The van der Waals surface area contributed by atoms with E-state index in [0.29, 0.717) is 6.42 Å². The van der Waals surface area contributed by atoms with Gasteiger partial charge in [0.25, 0.3) is 0 Å². The minimum Gasteiger partial charge on any atom is -0.480 e. The summed E-state index contributed by atoms with van der Waals surface area (Å²) in [6.45, 7) is 2.11. The second kappa shape index (κ2) is 3.57. The van der Waals surface area contributed by atoms with Gasteiger partial charge in [-0.2, -0.15) is 0 Å². The first-order valence-electron chi connectivity index (χ1n) is 5.21. The molecule has 3 heteroatoms. The molecule has 1 aromatic carbocycles. The van der Waals surface area contributed by atoms with Gasteiger partial charge < -0.3 is 10.0 Å². The maximum atomic E-state index is 11.0. The molecule has 0 amide bonds. The Morgan fingerprint density at radius 2 is 2.33 bits per heavy atom. The van der Waals surface area contributed by atoms with Gasteiger partial charge in [-0.05, 0) is 23.6 Å². The number of benzene rings is 1. The molecule has 0 spiro atoms. The monoisotopic (exact) mass is 205 g/mol. The van der Waals surface area contributed by atoms with Crippen LogP contribution in [0.3, 0.4) is 0 Å². The van der Waals surface area contributed by atoms with E-state index in [1.165, 1.54) is 5.56 Å². The molecule has 15 heavy (non-hydrogen) atoms. The average Bonchev–Trinajstić information content (AvgIpc) is 2.55. The maximum Gasteiger partial charge on any atom is 0.326 e. The van der Waals surface area contributed by atoms with E-state index in [4.69, 9.17) is 5.11 Å². The molecular formula is C12H15NO2. The number of carboxylic acid groups (broad SMARTS) is 1. The highest BCUT2D eigenvalue weighted by Crippen LogP contribution is 2.31. The van der Waals surface area contributed by atoms with Crippen molar-refractivity contribution in [2.45, 2.75) is 25.8 Å². The predicted octanol–water partition coefficient (Wildman–Crippen LogP) is 1.69. The highest BCUT2D eigenvalue weighted by Gasteiger charge is 2.31. The summed E-state index contributed by atoms with van der Waals surface area (Å²) >= 11 is 0. The van der Waals surface area contributed by atoms with Gasteiger partial charge in [0.2, 0.25) is 0 Å². The van der Waals surface area contributed by atoms with Crippen molar-refractivity contribution in [1.29, 1.82) is 0 Å². The fraction of sp³-hybridized carbons (Fsp3) is 0.417. The maximum absolute atomic E-state index is 11.0. The minimum atomic E-state index is -0.744. The van der Waals surface area contributed by atoms with Crippen molar-refractivity contribution in [2.24, 2.45) is 0 Å². The number of rotatable bonds is 2. The van der Waals surface area contributed by atoms with Gasteiger partial charge in [-0.1, -0.05) is 19.1 Å². The lowest BCUT2D eigenvalue weighted by Gasteiger charge is -2.18. The second-order valence-electron chi connectivity index (χ2n) is 3.99. The lowest BCUT2D eigenvalue weighted by molar-refractivity contribution is -0.138. The Morgan fingerprint density at radius 1 is 1.60 bits per heavy atom. The third kappa shape index (κ3) is 1.58. The molecule has 1 atom stereocenters. The van der Waals surface area contributed by atoms with E-state index in [0.717, 1.165) is 17.7 Å². The van der Waals surface area contributed by atoms with Gasteiger partial charge in [0.05, 0.1) is 0 Å². The molecule has 0 bridgehead atoms. The van der Waals surface area contributed by atoms with Crippen LogP contribution < -0.4 is 4.90 Å². The quantitative estimate of drug-likeness (QED) is 0.798. The van der Waals surface area contributed by atoms with Crippen LogP contribution in [0.4, 0.5) is 5.69 Å². The van der Waals surface area contributed by atoms with E-state index in [1.807, 2.05) is 18.0 Å². The fourth-order valence-corrected chi connectivity index (χ4v) is 2.13. The number of hydrogen-bond acceptors (Lipinski definition) is 2. The van der Waals surface area contributed by atoms with Gasteiger partial charge in [-0.25, -0.2) is 4.79 Å². The first-order chi connectivity index (χ1) is 7.13. The van der Waals surface area contributed by atoms with Gasteiger partial charge in [0.1, 0.15) is 6.04 Å². The fourth-order valence-electron chi connectivity index (χ4n) is 2.13. The highest BCUT2D eigenvalue weighted by molar-refractivity contribution is 5.82. The SMILES string of the molecule is CCc1ccc2c(c1)CC(C(=O)O)N2C. The van der Waals surface area contributed by atoms with Crippen LogP contribution in [0.5, 0.6) is 0 Å². The number of hydrogen-bond donors (Lipinski definition) is 1. The van der Waals surface area contributed by atoms with E-state index in [-0.39, 0.29) is 0 Å². The number of likely N-dealkylation sites (N-methyl/N-ethyl adjacent to an activating group) is 1. The Morgan fingerprint density at radius 3 is 2.93 bits per heavy atom. The van der Waals surface area contributed by atoms with Crippen molar-refractivity contribution in [3.8, 4) is 0 Å². The third-order valence-corrected chi connectivity index (χ3v) is 3.10. The predicted molar refractivity (Wildman–Crippen MR) is 59.4 cm³/mol. The Labute approximate surface area is 89.3 Å². The second-order valence-corrected chi connectivity index (χ2v) is 3.99. The number of nitrogens with zero attached hydrogens (tertiary/aromatic N) is 1. The van der Waals surface area contributed by atoms with Gasteiger partial charge >= 0.3 is 5.97 Å². The van der Waals surface area contributed by atoms with E-state index in [1.54, 1.807) is 0 Å². The molecule has 1 N–H and O–H groups in total. The van der Waals surface area contributed by atoms with Crippen LogP contribution in [0.15, 0.2) is 18.2 Å². The van der Waals surface area contributed by atoms with Crippen molar-refractivity contribution in [1.82, 2.24) is 0 Å². The van der Waals surface area contributed by atoms with Crippen LogP contribution >= 0.6 is 0 Å². The van der Waals surface area contributed by atoms with Crippen molar-refractivity contribution in [2.75, 3.05) is 11.9 Å². The molecule has 1 aliphatic rings. The molecule has 80 valence electrons. The molecule has 1 aliphatic heterocycles. The number of carboxylic acids is 1. The third-order valence-electron chi connectivity index (χ3n) is 3.10. The molecule has 0 saturated heterocycles. The lowest BCUT2D eigenvalue weighted by atomic mass is 10.1. The van der Waals surface area contributed by atoms with Gasteiger partial charge in [0, 0.05) is 19.2 Å². The molecule has 1 unspecified atom stereocenters. The molecule has 0 aromatic heterocycles. The van der Waals surface area contributed by atoms with Gasteiger partial charge in [-0.3, -0.25) is 0 Å². The Hall–Kier alpha value is -1.51. The molecular weight excluding hydrogens is 190 g/mol. The Bertz CT molecular complexity index is 401. The first-order valence-corrected chi connectivity index (χ1v) is 5.21. The van der Waals surface area contributed by atoms with Crippen molar-refractivity contribution in [3.63, 3.8) is 0 Å². The van der Waals surface area contributed by atoms with Crippen LogP contribution in [0.25, 0.3) is 0 Å². The zero-order chi connectivity index (χ0) is 11.0. The number of fused-ring (bicyclic) bond motifs is 1. The van der Waals surface area contributed by atoms with E-state index in [2.05, 4.69) is 19.1 Å². The minimum absolute atomic E-state index is 0.396. The van der Waals surface area contributed by atoms with Crippen LogP contribution in [-0.2, 0) is 17.6 Å². The molecule has 0 radical (unpaired) electrons. The normalized spacial score (nSPS) is 19.1. The summed E-state index contributed by atoms with van der Waals surface area (Å²) in [5.74, 6) is -0.744. The van der Waals surface area contributed by atoms with Crippen molar-refractivity contribution in [3.05, 3.63) is 29.3 Å². The number of aryl methyl sites for hydroxylation is 1. The standard InChI is InChI=1S/C12H15NO2/c1-3-8-4-5-10-9(6-8)7-11(12(14)15)13(10)2/h4-6,11H,3,7H2,1-2H3,(H,14,15). The van der Waals surface area contributed by atoms with Gasteiger partial charge in [-0.15, -0.1) is 0 Å². The smallest absolute Gasteiger partial charge is 0.326 e. The summed E-state index contributed by atoms with van der Waals surface area (Å²) < 4.78 is 0. The first kappa shape index (κ1) is 10.0. The zero-order valence-electron chi connectivity index (χ0n) is 9.03. The highest BCUT2D eigenvalue weighted by atomic mass is 16.4. The molecule has 1 aromatic rings. The van der Waals surface area contributed by atoms with Crippen LogP contribution in [-0.4, -0.2) is 24.2 Å². The summed E-state index contributed by atoms with van der Waals surface area (Å²) in [6.07, 6.45) is 1.61. The molecule has 0 aliphatic carbocycles. The largest absolute Gasteiger partial charge is 0.480 e. The number of anilines is 1. The number of aliphatic carboxylic acids is 1. The zero-order valence-corrected chi connectivity index (χ0v) is 9.03. The van der Waals surface area contributed by atoms with E-state index in [9.17, 15) is 4.79 Å². The summed E-state index contributed by atoms with van der Waals surface area (Å²) in [5, 5.41) is 9.04. The van der Waals surface area contributed by atoms with Crippen LogP contribution in [0, 0.1) is 0 Å². The topological polar surface area (TPSA) is 40.5 Å². The van der Waals surface area contributed by atoms with Crippen LogP contribution in [0.1, 0.15) is 18.1 Å². The number of carbonyl (C=O) groups is 1. The molecule has 0 fully saturated rings. The lowest BCUT2D eigenvalue weighted by Crippen LogP contribution is -2.35. The van der Waals surface area contributed by atoms with Gasteiger partial charge in [0.15, 0.2) is 0 Å². The summed E-state index contributed by atoms with van der Waals surface area (Å²) in [4.78, 5) is 12.8. The summed E-state index contributed by atoms with van der Waals surface area (Å²) in [7, 11) is 1.84. The molecule has 2 rings (SSSR count). The Balaban J connectivity index is 2.36. The van der Waals surface area contributed by atoms with Crippen LogP contribution in [0.2, 0.25) is 0 Å². The molecule has 0 saturated carbocycles. The van der Waals surface area contributed by atoms with E-state index < -0.39 is 12.0 Å². The van der Waals surface area contributed by atoms with Crippen molar-refractivity contribution >= 4 is 11.7 Å². The van der Waals surface area contributed by atoms with E-state index >= 15 is 0 Å².